The van der Waals surface area contributed by atoms with E-state index in [1.165, 1.54) is 16.7 Å². The average Bonchev–Trinajstić information content (AvgIpc) is 2.42. The van der Waals surface area contributed by atoms with Crippen molar-refractivity contribution in [3.8, 4) is 0 Å². The van der Waals surface area contributed by atoms with Crippen molar-refractivity contribution in [2.75, 3.05) is 7.05 Å². The third kappa shape index (κ3) is 1.54. The zero-order valence-corrected chi connectivity index (χ0v) is 10.4. The molecule has 1 aliphatic rings. The molecule has 0 aliphatic carbocycles. The lowest BCUT2D eigenvalue weighted by molar-refractivity contribution is 0.584. The molecule has 0 radical (unpaired) electrons. The van der Waals surface area contributed by atoms with Crippen LogP contribution in [-0.2, 0) is 10.8 Å². The lowest BCUT2D eigenvalue weighted by atomic mass is 10.00. The average molecular weight is 223 g/mol. The Morgan fingerprint density at radius 1 is 1.27 bits per heavy atom. The van der Waals surface area contributed by atoms with Gasteiger partial charge in [0, 0.05) is 10.9 Å². The lowest BCUT2D eigenvalue weighted by Gasteiger charge is -2.14. The van der Waals surface area contributed by atoms with Crippen molar-refractivity contribution in [3.05, 3.63) is 28.8 Å². The number of benzene rings is 1. The number of aryl methyl sites for hydroxylation is 2. The molecular weight excluding hydrogens is 206 g/mol. The van der Waals surface area contributed by atoms with E-state index in [4.69, 9.17) is 0 Å². The Balaban J connectivity index is 2.61. The van der Waals surface area contributed by atoms with Gasteiger partial charge in [0.2, 0.25) is 0 Å². The fourth-order valence-electron chi connectivity index (χ4n) is 2.20. The minimum Gasteiger partial charge on any atom is -0.312 e. The molecule has 0 bridgehead atoms. The highest BCUT2D eigenvalue weighted by Crippen LogP contribution is 2.37. The van der Waals surface area contributed by atoms with Crippen LogP contribution in [0.1, 0.15) is 29.7 Å². The Kier molecular flexibility index (Phi) is 2.69. The van der Waals surface area contributed by atoms with Gasteiger partial charge < -0.3 is 5.32 Å². The molecule has 0 saturated heterocycles. The van der Waals surface area contributed by atoms with Gasteiger partial charge in [-0.15, -0.1) is 0 Å². The van der Waals surface area contributed by atoms with Gasteiger partial charge in [-0.2, -0.15) is 0 Å². The summed E-state index contributed by atoms with van der Waals surface area (Å²) in [5, 5.41) is 3.43. The smallest absolute Gasteiger partial charge is 0.0580 e. The van der Waals surface area contributed by atoms with Crippen molar-refractivity contribution in [3.63, 3.8) is 0 Å². The summed E-state index contributed by atoms with van der Waals surface area (Å²) in [5.41, 5.74) is 3.72. The largest absolute Gasteiger partial charge is 0.312 e. The Bertz CT molecular complexity index is 428. The minimum absolute atomic E-state index is 0.172. The lowest BCUT2D eigenvalue weighted by Crippen LogP contribution is -2.24. The fraction of sp³-hybridized carbons (Fsp3) is 0.500. The molecule has 3 atom stereocenters. The van der Waals surface area contributed by atoms with E-state index in [-0.39, 0.29) is 11.3 Å². The second-order valence-electron chi connectivity index (χ2n) is 4.24. The summed E-state index contributed by atoms with van der Waals surface area (Å²) >= 11 is 0. The Morgan fingerprint density at radius 3 is 2.47 bits per heavy atom. The Morgan fingerprint density at radius 2 is 1.87 bits per heavy atom. The predicted molar refractivity (Wildman–Crippen MR) is 63.6 cm³/mol. The number of hydrogen-bond acceptors (Lipinski definition) is 2. The highest BCUT2D eigenvalue weighted by atomic mass is 32.2. The fourth-order valence-corrected chi connectivity index (χ4v) is 3.84. The van der Waals surface area contributed by atoms with Crippen LogP contribution in [0.4, 0.5) is 0 Å². The van der Waals surface area contributed by atoms with Crippen molar-refractivity contribution in [2.24, 2.45) is 0 Å². The van der Waals surface area contributed by atoms with Crippen LogP contribution in [0.5, 0.6) is 0 Å². The molecule has 82 valence electrons. The van der Waals surface area contributed by atoms with E-state index in [1.807, 2.05) is 14.0 Å². The van der Waals surface area contributed by atoms with E-state index >= 15 is 0 Å². The van der Waals surface area contributed by atoms with Gasteiger partial charge >= 0.3 is 0 Å². The number of hydrogen-bond donors (Lipinski definition) is 1. The van der Waals surface area contributed by atoms with Gasteiger partial charge in [0.25, 0.3) is 0 Å². The highest BCUT2D eigenvalue weighted by Gasteiger charge is 2.34. The standard InChI is InChI=1S/C12H17NOS/c1-7-5-10-11(6-8(7)2)15(14)9(3)12(10)13-4/h5-6,9,12-13H,1-4H3. The van der Waals surface area contributed by atoms with Crippen LogP contribution in [0.15, 0.2) is 17.0 Å². The molecule has 0 aromatic heterocycles. The van der Waals surface area contributed by atoms with Crippen LogP contribution < -0.4 is 5.32 Å². The first-order chi connectivity index (χ1) is 7.06. The molecule has 1 N–H and O–H groups in total. The molecule has 3 heteroatoms. The Labute approximate surface area is 93.5 Å². The third-order valence-electron chi connectivity index (χ3n) is 3.30. The van der Waals surface area contributed by atoms with Crippen LogP contribution in [-0.4, -0.2) is 16.5 Å². The van der Waals surface area contributed by atoms with E-state index in [0.29, 0.717) is 0 Å². The SMILES string of the molecule is CNC1c2cc(C)c(C)cc2S(=O)C1C. The Hall–Kier alpha value is -0.670. The summed E-state index contributed by atoms with van der Waals surface area (Å²) in [5.74, 6) is 0. The van der Waals surface area contributed by atoms with Crippen molar-refractivity contribution in [1.29, 1.82) is 0 Å². The molecule has 2 rings (SSSR count). The molecule has 3 unspecified atom stereocenters. The van der Waals surface area contributed by atoms with E-state index in [0.717, 1.165) is 4.90 Å². The summed E-state index contributed by atoms with van der Waals surface area (Å²) in [6.45, 7) is 6.22. The summed E-state index contributed by atoms with van der Waals surface area (Å²) in [6.07, 6.45) is 0. The highest BCUT2D eigenvalue weighted by molar-refractivity contribution is 7.86. The van der Waals surface area contributed by atoms with Crippen molar-refractivity contribution in [1.82, 2.24) is 5.32 Å². The first-order valence-corrected chi connectivity index (χ1v) is 6.46. The number of nitrogens with one attached hydrogen (secondary N) is 1. The molecule has 15 heavy (non-hydrogen) atoms. The van der Waals surface area contributed by atoms with Gasteiger partial charge in [-0.05, 0) is 50.6 Å². The topological polar surface area (TPSA) is 29.1 Å². The van der Waals surface area contributed by atoms with Crippen LogP contribution in [0.3, 0.4) is 0 Å². The van der Waals surface area contributed by atoms with Gasteiger partial charge in [0.15, 0.2) is 0 Å². The quantitative estimate of drug-likeness (QED) is 0.789. The maximum atomic E-state index is 12.1. The summed E-state index contributed by atoms with van der Waals surface area (Å²) in [4.78, 5) is 1.02. The molecule has 1 aliphatic heterocycles. The van der Waals surface area contributed by atoms with Gasteiger partial charge in [-0.25, -0.2) is 0 Å². The van der Waals surface area contributed by atoms with E-state index < -0.39 is 10.8 Å². The van der Waals surface area contributed by atoms with E-state index in [9.17, 15) is 4.21 Å². The zero-order valence-electron chi connectivity index (χ0n) is 9.63. The van der Waals surface area contributed by atoms with Gasteiger partial charge in [0.1, 0.15) is 0 Å². The van der Waals surface area contributed by atoms with Crippen LogP contribution in [0.25, 0.3) is 0 Å². The van der Waals surface area contributed by atoms with Crippen molar-refractivity contribution >= 4 is 10.8 Å². The van der Waals surface area contributed by atoms with Gasteiger partial charge in [0.05, 0.1) is 16.0 Å². The predicted octanol–water partition coefficient (Wildman–Crippen LogP) is 2.07. The molecule has 2 nitrogen and oxygen atoms in total. The van der Waals surface area contributed by atoms with Crippen LogP contribution in [0, 0.1) is 13.8 Å². The first kappa shape index (κ1) is 10.8. The molecule has 1 aromatic carbocycles. The monoisotopic (exact) mass is 223 g/mol. The van der Waals surface area contributed by atoms with E-state index in [2.05, 4.69) is 31.3 Å². The normalized spacial score (nSPS) is 29.2. The van der Waals surface area contributed by atoms with Crippen molar-refractivity contribution < 1.29 is 4.21 Å². The van der Waals surface area contributed by atoms with E-state index in [1.54, 1.807) is 0 Å². The molecule has 0 amide bonds. The molecule has 1 aromatic rings. The minimum atomic E-state index is -0.854. The third-order valence-corrected chi connectivity index (χ3v) is 5.03. The number of fused-ring (bicyclic) bond motifs is 1. The van der Waals surface area contributed by atoms with Crippen LogP contribution >= 0.6 is 0 Å². The van der Waals surface area contributed by atoms with Crippen LogP contribution in [0.2, 0.25) is 0 Å². The molecular formula is C12H17NOS. The maximum Gasteiger partial charge on any atom is 0.0580 e. The first-order valence-electron chi connectivity index (χ1n) is 5.25. The zero-order chi connectivity index (χ0) is 11.2. The molecule has 0 fully saturated rings. The molecule has 0 spiro atoms. The van der Waals surface area contributed by atoms with Crippen molar-refractivity contribution in [2.45, 2.75) is 37.0 Å². The van der Waals surface area contributed by atoms with Gasteiger partial charge in [-0.1, -0.05) is 6.07 Å². The maximum absolute atomic E-state index is 12.1. The van der Waals surface area contributed by atoms with Gasteiger partial charge in [-0.3, -0.25) is 4.21 Å². The second-order valence-corrected chi connectivity index (χ2v) is 6.02. The summed E-state index contributed by atoms with van der Waals surface area (Å²) < 4.78 is 12.1. The molecule has 0 saturated carbocycles. The molecule has 1 heterocycles. The summed E-state index contributed by atoms with van der Waals surface area (Å²) in [6, 6.07) is 4.49. The summed E-state index contributed by atoms with van der Waals surface area (Å²) in [7, 11) is 1.08. The number of rotatable bonds is 1. The second kappa shape index (κ2) is 3.72.